The van der Waals surface area contributed by atoms with E-state index in [4.69, 9.17) is 0 Å². The highest BCUT2D eigenvalue weighted by molar-refractivity contribution is 8.01. The summed E-state index contributed by atoms with van der Waals surface area (Å²) in [5.74, 6) is 0. The Morgan fingerprint density at radius 1 is 0.357 bits per heavy atom. The summed E-state index contributed by atoms with van der Waals surface area (Å²) < 4.78 is 200. The predicted molar refractivity (Wildman–Crippen MR) is 268 cm³/mol. The highest BCUT2D eigenvalue weighted by Crippen LogP contribution is 2.44. The normalized spacial score (nSPS) is 13.3. The van der Waals surface area contributed by atoms with Crippen molar-refractivity contribution in [3.8, 4) is 11.1 Å². The first-order valence-corrected chi connectivity index (χ1v) is 32.2. The van der Waals surface area contributed by atoms with E-state index in [9.17, 15) is 68.7 Å². The smallest absolute Gasteiger partial charge is 0.282 e. The zero-order chi connectivity index (χ0) is 52.2. The summed E-state index contributed by atoms with van der Waals surface area (Å²) in [6.45, 7) is 9.51. The van der Waals surface area contributed by atoms with Crippen LogP contribution < -0.4 is 0 Å². The fourth-order valence-electron chi connectivity index (χ4n) is 6.80. The summed E-state index contributed by atoms with van der Waals surface area (Å²) in [6.07, 6.45) is 1.90. The molecule has 6 rings (SSSR count). The molecule has 0 amide bonds. The zero-order valence-corrected chi connectivity index (χ0v) is 45.5. The topological polar surface area (TPSA) is 286 Å². The van der Waals surface area contributed by atoms with E-state index in [1.807, 2.05) is 63.4 Å². The quantitative estimate of drug-likeness (QED) is 0.0518. The van der Waals surface area contributed by atoms with Crippen LogP contribution in [0.15, 0.2) is 185 Å². The number of rotatable bonds is 16. The first-order valence-electron chi connectivity index (χ1n) is 19.8. The number of sulfone groups is 2. The molecular weight excluding hydrogens is 1110 g/mol. The lowest BCUT2D eigenvalue weighted by Crippen LogP contribution is -2.17. The first-order chi connectivity index (χ1) is 32.0. The minimum Gasteiger partial charge on any atom is -0.282 e. The Hall–Kier alpha value is -3.74. The van der Waals surface area contributed by atoms with E-state index >= 15 is 0 Å². The standard InChI is InChI=1S/C44H42O16S10/c1-43(2,3)63-32-16-12-31(13-17-32)62-34-18-22-38(42(26-34)70(58,59)60)66(47,48)36-20-8-28(24-40(36)68(52,53)54)27-7-19-35(39(23-27)67(49,50)51)65(45,46)37-21-9-29(25-41(37)69(55,56)57)44(4,5)64-33-14-10-30(61-6)11-15-33/h7-26H,1-6H3,(H,49,50,51)(H,52,53,54)(H,55,56,57)(H,58,59,60). The van der Waals surface area contributed by atoms with Crippen molar-refractivity contribution < 1.29 is 68.7 Å². The largest absolute Gasteiger partial charge is 0.295 e. The van der Waals surface area contributed by atoms with Crippen molar-refractivity contribution >= 4 is 107 Å². The van der Waals surface area contributed by atoms with Gasteiger partial charge in [-0.25, -0.2) is 16.8 Å². The van der Waals surface area contributed by atoms with E-state index in [-0.39, 0.29) is 15.2 Å². The Kier molecular flexibility index (Phi) is 15.8. The molecule has 0 aliphatic carbocycles. The molecular formula is C44H42O16S10. The average Bonchev–Trinajstić information content (AvgIpc) is 3.25. The molecule has 0 heterocycles. The number of hydrogen-bond donors (Lipinski definition) is 4. The summed E-state index contributed by atoms with van der Waals surface area (Å²) in [5.41, 5.74) is -0.568. The summed E-state index contributed by atoms with van der Waals surface area (Å²) in [7, 11) is -32.4. The maximum Gasteiger partial charge on any atom is 0.295 e. The molecule has 6 aromatic carbocycles. The first kappa shape index (κ1) is 55.6. The van der Waals surface area contributed by atoms with Crippen LogP contribution in [0.25, 0.3) is 11.1 Å². The second-order valence-electron chi connectivity index (χ2n) is 16.6. The molecule has 26 heteroatoms. The van der Waals surface area contributed by atoms with Gasteiger partial charge in [-0.1, -0.05) is 50.7 Å². The van der Waals surface area contributed by atoms with E-state index in [1.54, 1.807) is 37.7 Å². The van der Waals surface area contributed by atoms with Gasteiger partial charge >= 0.3 is 0 Å². The van der Waals surface area contributed by atoms with Gasteiger partial charge in [-0.2, -0.15) is 33.7 Å². The molecule has 6 aromatic rings. The van der Waals surface area contributed by atoms with E-state index in [1.165, 1.54) is 35.7 Å². The van der Waals surface area contributed by atoms with E-state index in [0.717, 1.165) is 62.8 Å². The molecule has 0 bridgehead atoms. The van der Waals surface area contributed by atoms with Crippen molar-refractivity contribution in [2.75, 3.05) is 6.26 Å². The van der Waals surface area contributed by atoms with Crippen molar-refractivity contribution in [3.05, 3.63) is 127 Å². The minimum atomic E-state index is -5.57. The monoisotopic (exact) mass is 1150 g/mol. The molecule has 16 nitrogen and oxygen atoms in total. The summed E-state index contributed by atoms with van der Waals surface area (Å²) in [6, 6.07) is 24.6. The van der Waals surface area contributed by atoms with Crippen LogP contribution in [0.2, 0.25) is 0 Å². The Balaban J connectivity index is 1.41. The van der Waals surface area contributed by atoms with Gasteiger partial charge in [0.15, 0.2) is 0 Å². The maximum atomic E-state index is 14.3. The van der Waals surface area contributed by atoms with Crippen molar-refractivity contribution in [1.82, 2.24) is 0 Å². The molecule has 0 radical (unpaired) electrons. The third kappa shape index (κ3) is 12.7. The van der Waals surface area contributed by atoms with E-state index in [2.05, 4.69) is 0 Å². The Morgan fingerprint density at radius 3 is 1.09 bits per heavy atom. The molecule has 70 heavy (non-hydrogen) atoms. The van der Waals surface area contributed by atoms with Crippen LogP contribution in [0.3, 0.4) is 0 Å². The predicted octanol–water partition coefficient (Wildman–Crippen LogP) is 9.80. The molecule has 0 saturated carbocycles. The number of benzene rings is 6. The molecule has 0 saturated heterocycles. The fraction of sp³-hybridized carbons (Fsp3) is 0.182. The van der Waals surface area contributed by atoms with Gasteiger partial charge in [-0.15, -0.1) is 35.3 Å². The van der Waals surface area contributed by atoms with Crippen LogP contribution in [-0.2, 0) is 64.9 Å². The van der Waals surface area contributed by atoms with Crippen molar-refractivity contribution in [3.63, 3.8) is 0 Å². The van der Waals surface area contributed by atoms with Crippen molar-refractivity contribution in [2.24, 2.45) is 0 Å². The van der Waals surface area contributed by atoms with Gasteiger partial charge < -0.3 is 0 Å². The van der Waals surface area contributed by atoms with Gasteiger partial charge in [0.2, 0.25) is 19.7 Å². The van der Waals surface area contributed by atoms with Crippen LogP contribution >= 0.6 is 47.0 Å². The fourth-order valence-corrected chi connectivity index (χ4v) is 18.0. The van der Waals surface area contributed by atoms with Gasteiger partial charge in [0, 0.05) is 34.0 Å². The van der Waals surface area contributed by atoms with E-state index in [0.29, 0.717) is 29.2 Å². The van der Waals surface area contributed by atoms with Crippen LogP contribution in [0.1, 0.15) is 40.2 Å². The molecule has 0 spiro atoms. The SMILES string of the molecule is CSc1ccc(SC(C)(C)c2ccc(S(=O)(=O)c3ccc(-c4ccc(S(=O)(=O)c5ccc(Sc6ccc(SC(C)(C)C)cc6)cc5S(=O)(=O)O)c(S(=O)(=O)O)c4)cc3S(=O)(=O)O)c(S(=O)(=O)O)c2)cc1. The van der Waals surface area contributed by atoms with Crippen LogP contribution in [0.4, 0.5) is 0 Å². The minimum absolute atomic E-state index is 0.0862. The van der Waals surface area contributed by atoms with Crippen LogP contribution in [0, 0.1) is 0 Å². The van der Waals surface area contributed by atoms with Crippen LogP contribution in [-0.4, -0.2) is 79.7 Å². The zero-order valence-electron chi connectivity index (χ0n) is 37.3. The molecule has 0 atom stereocenters. The molecule has 4 N–H and O–H groups in total. The lowest BCUT2D eigenvalue weighted by molar-refractivity contribution is 0.476. The number of hydrogen-bond acceptors (Lipinski definition) is 16. The van der Waals surface area contributed by atoms with Crippen LogP contribution in [0.5, 0.6) is 0 Å². The molecule has 0 aliphatic rings. The second kappa shape index (κ2) is 19.9. The third-order valence-electron chi connectivity index (χ3n) is 9.96. The molecule has 0 fully saturated rings. The van der Waals surface area contributed by atoms with E-state index < -0.39 is 115 Å². The number of thioether (sulfide) groups is 3. The Morgan fingerprint density at radius 2 is 0.686 bits per heavy atom. The highest BCUT2D eigenvalue weighted by atomic mass is 32.2. The summed E-state index contributed by atoms with van der Waals surface area (Å²) in [4.78, 5) is -6.06. The maximum absolute atomic E-state index is 14.3. The second-order valence-corrected chi connectivity index (χ2v) is 31.5. The molecule has 374 valence electrons. The molecule has 0 unspecified atom stereocenters. The Labute approximate surface area is 424 Å². The van der Waals surface area contributed by atoms with Crippen molar-refractivity contribution in [2.45, 2.75) is 108 Å². The lowest BCUT2D eigenvalue weighted by atomic mass is 10.0. The lowest BCUT2D eigenvalue weighted by Gasteiger charge is -2.26. The van der Waals surface area contributed by atoms with Gasteiger partial charge in [0.05, 0.1) is 19.6 Å². The molecule has 0 aromatic heterocycles. The van der Waals surface area contributed by atoms with Gasteiger partial charge in [0.1, 0.15) is 19.6 Å². The Bertz CT molecular complexity index is 3740. The summed E-state index contributed by atoms with van der Waals surface area (Å²) in [5, 5.41) is 0. The summed E-state index contributed by atoms with van der Waals surface area (Å²) >= 11 is 5.43. The molecule has 0 aliphatic heterocycles. The third-order valence-corrected chi connectivity index (χ3v) is 21.9. The van der Waals surface area contributed by atoms with Gasteiger partial charge in [-0.3, -0.25) is 18.2 Å². The van der Waals surface area contributed by atoms with Gasteiger partial charge in [0.25, 0.3) is 40.5 Å². The highest BCUT2D eigenvalue weighted by Gasteiger charge is 2.36. The van der Waals surface area contributed by atoms with Crippen molar-refractivity contribution in [1.29, 1.82) is 0 Å². The average molecular weight is 1150 g/mol. The van der Waals surface area contributed by atoms with Gasteiger partial charge in [-0.05, 0) is 140 Å².